The minimum atomic E-state index is -4.63. The van der Waals surface area contributed by atoms with Crippen molar-refractivity contribution in [2.24, 2.45) is 18.1 Å². The van der Waals surface area contributed by atoms with Gasteiger partial charge in [0, 0.05) is 55.5 Å². The van der Waals surface area contributed by atoms with Gasteiger partial charge in [-0.15, -0.1) is 10.2 Å². The molecule has 1 amide bonds. The zero-order chi connectivity index (χ0) is 31.8. The second kappa shape index (κ2) is 12.3. The van der Waals surface area contributed by atoms with Crippen molar-refractivity contribution in [2.45, 2.75) is 50.9 Å². The van der Waals surface area contributed by atoms with E-state index in [0.717, 1.165) is 37.3 Å². The van der Waals surface area contributed by atoms with Crippen LogP contribution in [0.2, 0.25) is 0 Å². The molecule has 3 aliphatic rings. The number of ether oxygens (including phenoxy) is 1. The zero-order valence-electron chi connectivity index (χ0n) is 25.2. The summed E-state index contributed by atoms with van der Waals surface area (Å²) in [6.45, 7) is 5.06. The fourth-order valence-corrected chi connectivity index (χ4v) is 6.50. The summed E-state index contributed by atoms with van der Waals surface area (Å²) in [6.07, 6.45) is -0.423. The van der Waals surface area contributed by atoms with Crippen molar-refractivity contribution >= 4 is 17.5 Å². The van der Waals surface area contributed by atoms with Gasteiger partial charge in [0.15, 0.2) is 0 Å². The number of amides is 1. The van der Waals surface area contributed by atoms with Gasteiger partial charge in [0.1, 0.15) is 23.8 Å². The highest BCUT2D eigenvalue weighted by Crippen LogP contribution is 2.42. The molecule has 45 heavy (non-hydrogen) atoms. The van der Waals surface area contributed by atoms with E-state index in [2.05, 4.69) is 42.3 Å². The molecule has 3 aliphatic heterocycles. The minimum Gasteiger partial charge on any atom is -0.379 e. The van der Waals surface area contributed by atoms with E-state index in [1.54, 1.807) is 18.5 Å². The highest BCUT2D eigenvalue weighted by atomic mass is 19.4. The fourth-order valence-electron chi connectivity index (χ4n) is 6.50. The molecule has 0 radical (unpaired) electrons. The molecule has 0 unspecified atom stereocenters. The molecule has 0 spiro atoms. The van der Waals surface area contributed by atoms with E-state index >= 15 is 0 Å². The number of rotatable bonds is 10. The standard InChI is InChI=1S/C30H35F3N10O2/c1-19-4-3-7-42(13-19)14-20-8-22-23(24(9-20)30(31,32)33)15-43(28(22)44)26-11-21(10-25(38-26)35-5-6-36-40-34)29(16-45-17-29)12-27-39-37-18-41(27)2/h8-11,18-19H,3-7,12-17H2,1-2H3,(H,35,38)/t19-/m0/s1. The number of fused-ring (bicyclic) bond motifs is 1. The summed E-state index contributed by atoms with van der Waals surface area (Å²) in [4.78, 5) is 24.8. The van der Waals surface area contributed by atoms with Crippen molar-refractivity contribution in [1.29, 1.82) is 0 Å². The summed E-state index contributed by atoms with van der Waals surface area (Å²) in [5.41, 5.74) is 8.65. The largest absolute Gasteiger partial charge is 0.416 e. The maximum Gasteiger partial charge on any atom is 0.416 e. The lowest BCUT2D eigenvalue weighted by Crippen LogP contribution is -2.49. The Hall–Kier alpha value is -4.20. The number of aryl methyl sites for hydroxylation is 1. The molecule has 1 atom stereocenters. The molecule has 5 heterocycles. The number of likely N-dealkylation sites (tertiary alicyclic amines) is 1. The Morgan fingerprint density at radius 2 is 2.07 bits per heavy atom. The average Bonchev–Trinajstić information content (AvgIpc) is 3.54. The molecule has 2 saturated heterocycles. The van der Waals surface area contributed by atoms with Gasteiger partial charge in [-0.1, -0.05) is 12.0 Å². The van der Waals surface area contributed by atoms with Crippen LogP contribution in [0.1, 0.15) is 58.2 Å². The number of aromatic nitrogens is 4. The zero-order valence-corrected chi connectivity index (χ0v) is 25.2. The number of benzene rings is 1. The maximum absolute atomic E-state index is 14.4. The van der Waals surface area contributed by atoms with Crippen LogP contribution in [0.25, 0.3) is 10.4 Å². The van der Waals surface area contributed by atoms with E-state index in [0.29, 0.717) is 43.5 Å². The Balaban J connectivity index is 1.36. The van der Waals surface area contributed by atoms with Crippen molar-refractivity contribution in [1.82, 2.24) is 24.6 Å². The lowest BCUT2D eigenvalue weighted by molar-refractivity contribution is -0.138. The molecule has 0 aliphatic carbocycles. The van der Waals surface area contributed by atoms with Gasteiger partial charge in [0.25, 0.3) is 5.91 Å². The topological polar surface area (TPSA) is 137 Å². The summed E-state index contributed by atoms with van der Waals surface area (Å²) >= 11 is 0. The number of halogens is 3. The molecule has 1 aromatic carbocycles. The number of nitrogens with one attached hydrogen (secondary N) is 1. The quantitative estimate of drug-likeness (QED) is 0.147. The third-order valence-corrected chi connectivity index (χ3v) is 8.89. The van der Waals surface area contributed by atoms with Crippen LogP contribution < -0.4 is 10.2 Å². The van der Waals surface area contributed by atoms with E-state index in [9.17, 15) is 18.0 Å². The number of piperidine rings is 1. The maximum atomic E-state index is 14.4. The Morgan fingerprint density at radius 1 is 1.24 bits per heavy atom. The van der Waals surface area contributed by atoms with E-state index in [1.807, 2.05) is 17.7 Å². The third-order valence-electron chi connectivity index (χ3n) is 8.89. The summed E-state index contributed by atoms with van der Waals surface area (Å²) in [7, 11) is 1.85. The predicted molar refractivity (Wildman–Crippen MR) is 160 cm³/mol. The summed E-state index contributed by atoms with van der Waals surface area (Å²) in [5, 5.41) is 14.9. The van der Waals surface area contributed by atoms with Gasteiger partial charge < -0.3 is 14.6 Å². The number of hydrogen-bond donors (Lipinski definition) is 1. The Morgan fingerprint density at radius 3 is 2.73 bits per heavy atom. The second-order valence-electron chi connectivity index (χ2n) is 12.3. The van der Waals surface area contributed by atoms with Gasteiger partial charge in [-0.2, -0.15) is 13.2 Å². The molecule has 2 aromatic heterocycles. The predicted octanol–water partition coefficient (Wildman–Crippen LogP) is 4.85. The van der Waals surface area contributed by atoms with Crippen LogP contribution in [0.15, 0.2) is 35.7 Å². The van der Waals surface area contributed by atoms with Crippen LogP contribution in [0.5, 0.6) is 0 Å². The average molecular weight is 625 g/mol. The van der Waals surface area contributed by atoms with Crippen LogP contribution in [-0.2, 0) is 42.9 Å². The molecular formula is C30H35F3N10O2. The van der Waals surface area contributed by atoms with Crippen molar-refractivity contribution in [3.05, 3.63) is 74.7 Å². The highest BCUT2D eigenvalue weighted by Gasteiger charge is 2.44. The Kier molecular flexibility index (Phi) is 8.42. The highest BCUT2D eigenvalue weighted by molar-refractivity contribution is 6.10. The van der Waals surface area contributed by atoms with Crippen LogP contribution in [0.3, 0.4) is 0 Å². The first-order valence-electron chi connectivity index (χ1n) is 15.0. The van der Waals surface area contributed by atoms with Gasteiger partial charge >= 0.3 is 6.18 Å². The van der Waals surface area contributed by atoms with Crippen molar-refractivity contribution in [3.63, 3.8) is 0 Å². The number of alkyl halides is 3. The van der Waals surface area contributed by atoms with E-state index in [1.165, 1.54) is 11.0 Å². The van der Waals surface area contributed by atoms with Gasteiger partial charge in [0.05, 0.1) is 25.3 Å². The molecule has 238 valence electrons. The number of carbonyl (C=O) groups excluding carboxylic acids is 1. The van der Waals surface area contributed by atoms with Gasteiger partial charge in [-0.05, 0) is 71.8 Å². The normalized spacial score (nSPS) is 19.6. The lowest BCUT2D eigenvalue weighted by atomic mass is 9.75. The number of carbonyl (C=O) groups is 1. The smallest absolute Gasteiger partial charge is 0.379 e. The monoisotopic (exact) mass is 624 g/mol. The van der Waals surface area contributed by atoms with Crippen molar-refractivity contribution < 1.29 is 22.7 Å². The summed E-state index contributed by atoms with van der Waals surface area (Å²) < 4.78 is 50.8. The van der Waals surface area contributed by atoms with Gasteiger partial charge in [0.2, 0.25) is 0 Å². The van der Waals surface area contributed by atoms with Gasteiger partial charge in [-0.3, -0.25) is 14.6 Å². The van der Waals surface area contributed by atoms with Crippen molar-refractivity contribution in [3.8, 4) is 0 Å². The third kappa shape index (κ3) is 6.33. The first kappa shape index (κ1) is 30.8. The van der Waals surface area contributed by atoms with E-state index in [4.69, 9.17) is 10.3 Å². The number of nitrogens with zero attached hydrogens (tertiary/aromatic N) is 9. The van der Waals surface area contributed by atoms with Crippen molar-refractivity contribution in [2.75, 3.05) is 49.6 Å². The van der Waals surface area contributed by atoms with E-state index in [-0.39, 0.29) is 36.6 Å². The summed E-state index contributed by atoms with van der Waals surface area (Å²) in [5.74, 6) is 1.31. The molecule has 2 fully saturated rings. The molecule has 1 N–H and O–H groups in total. The Labute approximate surface area is 258 Å². The molecule has 3 aromatic rings. The Bertz CT molecular complexity index is 1630. The van der Waals surface area contributed by atoms with Gasteiger partial charge in [-0.25, -0.2) is 4.98 Å². The fraction of sp³-hybridized carbons (Fsp3) is 0.533. The van der Waals surface area contributed by atoms with E-state index < -0.39 is 23.1 Å². The number of anilines is 2. The second-order valence-corrected chi connectivity index (χ2v) is 12.3. The van der Waals surface area contributed by atoms with Crippen LogP contribution in [0, 0.1) is 5.92 Å². The number of pyridine rings is 1. The molecule has 12 nitrogen and oxygen atoms in total. The van der Waals surface area contributed by atoms with Crippen LogP contribution in [-0.4, -0.2) is 69.9 Å². The SMILES string of the molecule is C[C@H]1CCCN(Cc2cc3c(c(C(F)(F)F)c2)CN(c2cc(C4(Cc5nncn5C)COC4)cc(NCCN=[N+]=[N-])n2)C3=O)C1. The molecule has 15 heteroatoms. The molecule has 0 bridgehead atoms. The minimum absolute atomic E-state index is 0.0471. The molecular weight excluding hydrogens is 589 g/mol. The number of azide groups is 1. The first-order valence-corrected chi connectivity index (χ1v) is 15.0. The van der Waals surface area contributed by atoms with Crippen LogP contribution in [0.4, 0.5) is 24.8 Å². The lowest BCUT2D eigenvalue weighted by Gasteiger charge is -2.42. The molecule has 0 saturated carbocycles. The first-order chi connectivity index (χ1) is 21.6. The molecule has 6 rings (SSSR count). The number of hydrogen-bond acceptors (Lipinski definition) is 8. The van der Waals surface area contributed by atoms with Crippen LogP contribution >= 0.6 is 0 Å². The summed E-state index contributed by atoms with van der Waals surface area (Å²) in [6, 6.07) is 6.41.